The van der Waals surface area contributed by atoms with E-state index in [0.29, 0.717) is 18.9 Å². The molecule has 3 N–H and O–H groups in total. The van der Waals surface area contributed by atoms with Crippen LogP contribution < -0.4 is 5.32 Å². The summed E-state index contributed by atoms with van der Waals surface area (Å²) in [5, 5.41) is 21.3. The van der Waals surface area contributed by atoms with E-state index in [1.54, 1.807) is 6.07 Å². The van der Waals surface area contributed by atoms with Crippen LogP contribution in [-0.4, -0.2) is 22.9 Å². The fourth-order valence-electron chi connectivity index (χ4n) is 1.72. The van der Waals surface area contributed by atoms with Gasteiger partial charge in [0.2, 0.25) is 0 Å². The Morgan fingerprint density at radius 2 is 2.06 bits per heavy atom. The fraction of sp³-hybridized carbons (Fsp3) is 0.538. The molecule has 0 heterocycles. The van der Waals surface area contributed by atoms with Gasteiger partial charge in [0.15, 0.2) is 11.6 Å². The molecule has 1 aromatic rings. The van der Waals surface area contributed by atoms with Crippen molar-refractivity contribution in [1.82, 2.24) is 5.32 Å². The number of halogens is 1. The molecule has 4 heteroatoms. The summed E-state index contributed by atoms with van der Waals surface area (Å²) in [7, 11) is 0. The predicted octanol–water partition coefficient (Wildman–Crippen LogP) is 2.03. The van der Waals surface area contributed by atoms with Crippen LogP contribution in [0.1, 0.15) is 25.8 Å². The molecule has 3 nitrogen and oxygen atoms in total. The average molecular weight is 241 g/mol. The van der Waals surface area contributed by atoms with Crippen LogP contribution in [0.25, 0.3) is 0 Å². The summed E-state index contributed by atoms with van der Waals surface area (Å²) in [6.07, 6.45) is 0.679. The summed E-state index contributed by atoms with van der Waals surface area (Å²) in [5.74, 6) is -0.527. The lowest BCUT2D eigenvalue weighted by molar-refractivity contribution is 0.244. The molecule has 1 unspecified atom stereocenters. The van der Waals surface area contributed by atoms with Crippen LogP contribution in [0.3, 0.4) is 0 Å². The van der Waals surface area contributed by atoms with Gasteiger partial charge in [-0.3, -0.25) is 0 Å². The highest BCUT2D eigenvalue weighted by Crippen LogP contribution is 2.16. The summed E-state index contributed by atoms with van der Waals surface area (Å²) in [5.41, 5.74) is 0.781. The molecule has 0 aliphatic carbocycles. The lowest BCUT2D eigenvalue weighted by Gasteiger charge is -2.21. The summed E-state index contributed by atoms with van der Waals surface area (Å²) in [6, 6.07) is 4.56. The molecule has 1 rings (SSSR count). The number of aromatic hydroxyl groups is 1. The smallest absolute Gasteiger partial charge is 0.165 e. The molecular formula is C13H20FNO2. The third-order valence-electron chi connectivity index (χ3n) is 2.83. The van der Waals surface area contributed by atoms with Crippen LogP contribution >= 0.6 is 0 Å². The summed E-state index contributed by atoms with van der Waals surface area (Å²) in [6.45, 7) is 4.81. The molecule has 0 aromatic heterocycles. The molecule has 0 radical (unpaired) electrons. The molecule has 1 aromatic carbocycles. The fourth-order valence-corrected chi connectivity index (χ4v) is 1.72. The van der Waals surface area contributed by atoms with Gasteiger partial charge in [-0.2, -0.15) is 0 Å². The Hall–Kier alpha value is -1.13. The van der Waals surface area contributed by atoms with Gasteiger partial charge in [0.1, 0.15) is 0 Å². The average Bonchev–Trinajstić information content (AvgIpc) is 2.28. The van der Waals surface area contributed by atoms with Crippen LogP contribution in [-0.2, 0) is 6.54 Å². The van der Waals surface area contributed by atoms with Crippen molar-refractivity contribution in [2.24, 2.45) is 5.92 Å². The zero-order valence-corrected chi connectivity index (χ0v) is 10.3. The van der Waals surface area contributed by atoms with Crippen LogP contribution in [0.5, 0.6) is 5.75 Å². The first kappa shape index (κ1) is 13.9. The second kappa shape index (κ2) is 6.57. The summed E-state index contributed by atoms with van der Waals surface area (Å²) < 4.78 is 13.1. The topological polar surface area (TPSA) is 52.5 Å². The standard InChI is InChI=1S/C13H20FNO2/c1-9(2)12(5-6-16)15-8-10-3-4-13(17)11(14)7-10/h3-4,7,9,12,15-17H,5-6,8H2,1-2H3. The molecule has 0 saturated carbocycles. The Morgan fingerprint density at radius 1 is 1.35 bits per heavy atom. The van der Waals surface area contributed by atoms with Crippen molar-refractivity contribution in [2.45, 2.75) is 32.9 Å². The first-order valence-corrected chi connectivity index (χ1v) is 5.86. The van der Waals surface area contributed by atoms with Crippen molar-refractivity contribution in [1.29, 1.82) is 0 Å². The normalized spacial score (nSPS) is 13.0. The third kappa shape index (κ3) is 4.32. The second-order valence-corrected chi connectivity index (χ2v) is 4.53. The minimum atomic E-state index is -0.604. The van der Waals surface area contributed by atoms with Crippen LogP contribution in [0.4, 0.5) is 4.39 Å². The highest BCUT2D eigenvalue weighted by Gasteiger charge is 2.12. The molecule has 0 spiro atoms. The number of phenols is 1. The lowest BCUT2D eigenvalue weighted by Crippen LogP contribution is -2.34. The van der Waals surface area contributed by atoms with Gasteiger partial charge in [-0.1, -0.05) is 19.9 Å². The number of aliphatic hydroxyl groups is 1. The molecule has 0 saturated heterocycles. The number of benzene rings is 1. The number of nitrogens with one attached hydrogen (secondary N) is 1. The van der Waals surface area contributed by atoms with Gasteiger partial charge in [0.05, 0.1) is 0 Å². The first-order valence-electron chi connectivity index (χ1n) is 5.86. The lowest BCUT2D eigenvalue weighted by atomic mass is 10.0. The molecule has 96 valence electrons. The van der Waals surface area contributed by atoms with Crippen molar-refractivity contribution in [3.63, 3.8) is 0 Å². The van der Waals surface area contributed by atoms with E-state index in [2.05, 4.69) is 19.2 Å². The van der Waals surface area contributed by atoms with Gasteiger partial charge >= 0.3 is 0 Å². The van der Waals surface area contributed by atoms with Crippen molar-refractivity contribution in [3.8, 4) is 5.75 Å². The highest BCUT2D eigenvalue weighted by atomic mass is 19.1. The van der Waals surface area contributed by atoms with Crippen molar-refractivity contribution in [2.75, 3.05) is 6.61 Å². The number of hydrogen-bond donors (Lipinski definition) is 3. The molecule has 0 fully saturated rings. The van der Waals surface area contributed by atoms with Gasteiger partial charge in [-0.05, 0) is 30.0 Å². The van der Waals surface area contributed by atoms with E-state index >= 15 is 0 Å². The maximum Gasteiger partial charge on any atom is 0.165 e. The van der Waals surface area contributed by atoms with Gasteiger partial charge in [-0.25, -0.2) is 4.39 Å². The summed E-state index contributed by atoms with van der Waals surface area (Å²) in [4.78, 5) is 0. The molecule has 0 aliphatic heterocycles. The van der Waals surface area contributed by atoms with E-state index in [0.717, 1.165) is 5.56 Å². The number of hydrogen-bond acceptors (Lipinski definition) is 3. The van der Waals surface area contributed by atoms with Crippen molar-refractivity contribution in [3.05, 3.63) is 29.6 Å². The Bertz CT molecular complexity index is 355. The number of aliphatic hydroxyl groups excluding tert-OH is 1. The maximum absolute atomic E-state index is 13.1. The van der Waals surface area contributed by atoms with Gasteiger partial charge in [0, 0.05) is 19.2 Å². The molecule has 17 heavy (non-hydrogen) atoms. The maximum atomic E-state index is 13.1. The van der Waals surface area contributed by atoms with Gasteiger partial charge in [-0.15, -0.1) is 0 Å². The summed E-state index contributed by atoms with van der Waals surface area (Å²) >= 11 is 0. The van der Waals surface area contributed by atoms with E-state index in [4.69, 9.17) is 10.2 Å². The van der Waals surface area contributed by atoms with Crippen LogP contribution in [0, 0.1) is 11.7 Å². The Labute approximate surface area is 101 Å². The van der Waals surface area contributed by atoms with Gasteiger partial charge < -0.3 is 15.5 Å². The Balaban J connectivity index is 2.56. The second-order valence-electron chi connectivity index (χ2n) is 4.53. The number of phenolic OH excluding ortho intramolecular Hbond substituents is 1. The van der Waals surface area contributed by atoms with Crippen molar-refractivity contribution >= 4 is 0 Å². The molecule has 1 atom stereocenters. The van der Waals surface area contributed by atoms with Gasteiger partial charge in [0.25, 0.3) is 0 Å². The number of rotatable bonds is 6. The minimum Gasteiger partial charge on any atom is -0.505 e. The van der Waals surface area contributed by atoms with Crippen molar-refractivity contribution < 1.29 is 14.6 Å². The van der Waals surface area contributed by atoms with E-state index in [1.807, 2.05) is 0 Å². The zero-order chi connectivity index (χ0) is 12.8. The quantitative estimate of drug-likeness (QED) is 0.714. The highest BCUT2D eigenvalue weighted by molar-refractivity contribution is 5.27. The SMILES string of the molecule is CC(C)C(CCO)NCc1ccc(O)c(F)c1. The Morgan fingerprint density at radius 3 is 2.59 bits per heavy atom. The predicted molar refractivity (Wildman–Crippen MR) is 65.2 cm³/mol. The van der Waals surface area contributed by atoms with E-state index in [9.17, 15) is 4.39 Å². The molecule has 0 amide bonds. The zero-order valence-electron chi connectivity index (χ0n) is 10.3. The third-order valence-corrected chi connectivity index (χ3v) is 2.83. The minimum absolute atomic E-state index is 0.139. The first-order chi connectivity index (χ1) is 8.04. The van der Waals surface area contributed by atoms with E-state index in [-0.39, 0.29) is 18.4 Å². The van der Waals surface area contributed by atoms with E-state index < -0.39 is 5.82 Å². The molecule has 0 aliphatic rings. The Kier molecular flexibility index (Phi) is 5.38. The van der Waals surface area contributed by atoms with Crippen LogP contribution in [0.15, 0.2) is 18.2 Å². The van der Waals surface area contributed by atoms with Crippen LogP contribution in [0.2, 0.25) is 0 Å². The molecular weight excluding hydrogens is 221 g/mol. The molecule has 0 bridgehead atoms. The monoisotopic (exact) mass is 241 g/mol. The van der Waals surface area contributed by atoms with E-state index in [1.165, 1.54) is 12.1 Å². The largest absolute Gasteiger partial charge is 0.505 e.